The average molecular weight is 330 g/mol. The molecule has 2 heterocycles. The van der Waals surface area contributed by atoms with Crippen molar-refractivity contribution in [2.24, 2.45) is 0 Å². The third-order valence-corrected chi connectivity index (χ3v) is 4.38. The van der Waals surface area contributed by atoms with Crippen molar-refractivity contribution < 1.29 is 4.74 Å². The van der Waals surface area contributed by atoms with E-state index in [0.29, 0.717) is 6.10 Å². The van der Waals surface area contributed by atoms with E-state index in [9.17, 15) is 0 Å². The van der Waals surface area contributed by atoms with Gasteiger partial charge in [0.05, 0.1) is 18.0 Å². The van der Waals surface area contributed by atoms with Crippen molar-refractivity contribution in [2.75, 3.05) is 20.2 Å². The molecule has 0 saturated carbocycles. The van der Waals surface area contributed by atoms with Gasteiger partial charge in [0.25, 0.3) is 0 Å². The smallest absolute Gasteiger partial charge is 0.169 e. The largest absolute Gasteiger partial charge is 0.376 e. The van der Waals surface area contributed by atoms with Crippen LogP contribution >= 0.6 is 12.2 Å². The number of nitrogens with zero attached hydrogens (tertiary/aromatic N) is 3. The molecule has 5 nitrogen and oxygen atoms in total. The van der Waals surface area contributed by atoms with Gasteiger partial charge in [-0.2, -0.15) is 5.10 Å². The van der Waals surface area contributed by atoms with Gasteiger partial charge in [-0.25, -0.2) is 4.68 Å². The molecule has 1 aromatic carbocycles. The normalized spacial score (nSPS) is 17.2. The maximum Gasteiger partial charge on any atom is 0.169 e. The summed E-state index contributed by atoms with van der Waals surface area (Å²) >= 11 is 5.44. The summed E-state index contributed by atoms with van der Waals surface area (Å²) in [5.41, 5.74) is 2.18. The first-order chi connectivity index (χ1) is 11.2. The van der Waals surface area contributed by atoms with Gasteiger partial charge >= 0.3 is 0 Å². The van der Waals surface area contributed by atoms with Crippen LogP contribution < -0.4 is 5.32 Å². The number of rotatable bonds is 5. The minimum Gasteiger partial charge on any atom is -0.376 e. The molecule has 23 heavy (non-hydrogen) atoms. The lowest BCUT2D eigenvalue weighted by atomic mass is 10.2. The lowest BCUT2D eigenvalue weighted by molar-refractivity contribution is 0.113. The standard InChI is InChI=1S/C17H22N4OS/c1-20(17(23)18-11-16-8-5-9-22-16)12-14-10-19-21(13-14)15-6-3-2-4-7-15/h2-4,6-7,10,13,16H,5,8-9,11-12H2,1H3,(H,18,23)/t16-/m0/s1. The predicted molar refractivity (Wildman–Crippen MR) is 94.6 cm³/mol. The maximum atomic E-state index is 5.60. The van der Waals surface area contributed by atoms with Gasteiger partial charge in [0.1, 0.15) is 0 Å². The second kappa shape index (κ2) is 7.57. The van der Waals surface area contributed by atoms with Crippen LogP contribution in [-0.2, 0) is 11.3 Å². The van der Waals surface area contributed by atoms with Crippen molar-refractivity contribution >= 4 is 17.3 Å². The fourth-order valence-electron chi connectivity index (χ4n) is 2.65. The van der Waals surface area contributed by atoms with Crippen molar-refractivity contribution in [3.05, 3.63) is 48.3 Å². The molecule has 1 N–H and O–H groups in total. The van der Waals surface area contributed by atoms with Crippen LogP contribution in [0.1, 0.15) is 18.4 Å². The molecule has 1 fully saturated rings. The summed E-state index contributed by atoms with van der Waals surface area (Å²) in [7, 11) is 1.99. The molecule has 0 bridgehead atoms. The Balaban J connectivity index is 1.52. The Labute approximate surface area is 142 Å². The van der Waals surface area contributed by atoms with Crippen LogP contribution in [0.15, 0.2) is 42.7 Å². The topological polar surface area (TPSA) is 42.3 Å². The Morgan fingerprint density at radius 3 is 3.00 bits per heavy atom. The molecule has 0 unspecified atom stereocenters. The molecule has 1 aliphatic heterocycles. The lowest BCUT2D eigenvalue weighted by Gasteiger charge is -2.21. The molecular weight excluding hydrogens is 308 g/mol. The van der Waals surface area contributed by atoms with Crippen molar-refractivity contribution in [1.82, 2.24) is 20.0 Å². The minimum atomic E-state index is 0.294. The zero-order valence-electron chi connectivity index (χ0n) is 13.3. The van der Waals surface area contributed by atoms with Crippen LogP contribution in [-0.4, -0.2) is 46.1 Å². The molecule has 0 radical (unpaired) electrons. The highest BCUT2D eigenvalue weighted by molar-refractivity contribution is 7.80. The molecule has 6 heteroatoms. The third-order valence-electron chi connectivity index (χ3n) is 3.93. The highest BCUT2D eigenvalue weighted by Gasteiger charge is 2.16. The Hall–Kier alpha value is -1.92. The number of benzene rings is 1. The second-order valence-corrected chi connectivity index (χ2v) is 6.19. The Bertz CT molecular complexity index is 637. The van der Waals surface area contributed by atoms with Gasteiger partial charge in [-0.3, -0.25) is 0 Å². The summed E-state index contributed by atoms with van der Waals surface area (Å²) in [6, 6.07) is 10.1. The van der Waals surface area contributed by atoms with E-state index in [-0.39, 0.29) is 0 Å². The van der Waals surface area contributed by atoms with Crippen LogP contribution in [0, 0.1) is 0 Å². The van der Waals surface area contributed by atoms with Crippen LogP contribution in [0.2, 0.25) is 0 Å². The zero-order valence-corrected chi connectivity index (χ0v) is 14.1. The molecule has 1 saturated heterocycles. The van der Waals surface area contributed by atoms with Gasteiger partial charge < -0.3 is 15.0 Å². The van der Waals surface area contributed by atoms with Crippen molar-refractivity contribution in [3.63, 3.8) is 0 Å². The SMILES string of the molecule is CN(Cc1cnn(-c2ccccc2)c1)C(=S)NC[C@@H]1CCCO1. The molecule has 2 aromatic rings. The number of nitrogens with one attached hydrogen (secondary N) is 1. The fraction of sp³-hybridized carbons (Fsp3) is 0.412. The Morgan fingerprint density at radius 1 is 1.43 bits per heavy atom. The van der Waals surface area contributed by atoms with E-state index in [1.165, 1.54) is 0 Å². The first-order valence-corrected chi connectivity index (χ1v) is 8.33. The first kappa shape index (κ1) is 16.0. The van der Waals surface area contributed by atoms with Crippen LogP contribution in [0.5, 0.6) is 0 Å². The Kier molecular flexibility index (Phi) is 5.25. The summed E-state index contributed by atoms with van der Waals surface area (Å²) in [6.45, 7) is 2.38. The monoisotopic (exact) mass is 330 g/mol. The van der Waals surface area contributed by atoms with Crippen LogP contribution in [0.4, 0.5) is 0 Å². The number of ether oxygens (including phenoxy) is 1. The summed E-state index contributed by atoms with van der Waals surface area (Å²) in [5.74, 6) is 0. The molecule has 0 amide bonds. The summed E-state index contributed by atoms with van der Waals surface area (Å²) < 4.78 is 7.48. The van der Waals surface area contributed by atoms with E-state index >= 15 is 0 Å². The molecule has 1 aliphatic rings. The van der Waals surface area contributed by atoms with Gasteiger partial charge in [0.2, 0.25) is 0 Å². The molecule has 122 valence electrons. The molecule has 0 aliphatic carbocycles. The van der Waals surface area contributed by atoms with Gasteiger partial charge in [-0.15, -0.1) is 0 Å². The van der Waals surface area contributed by atoms with Gasteiger partial charge in [0.15, 0.2) is 5.11 Å². The predicted octanol–water partition coefficient (Wildman–Crippen LogP) is 2.36. The van der Waals surface area contributed by atoms with E-state index in [1.807, 2.05) is 59.4 Å². The van der Waals surface area contributed by atoms with E-state index in [1.54, 1.807) is 0 Å². The number of hydrogen-bond donors (Lipinski definition) is 1. The van der Waals surface area contributed by atoms with Crippen molar-refractivity contribution in [3.8, 4) is 5.69 Å². The summed E-state index contributed by atoms with van der Waals surface area (Å²) in [5, 5.41) is 8.45. The first-order valence-electron chi connectivity index (χ1n) is 7.92. The van der Waals surface area contributed by atoms with Gasteiger partial charge in [0, 0.05) is 38.5 Å². The molecule has 0 spiro atoms. The number of aromatic nitrogens is 2. The van der Waals surface area contributed by atoms with Crippen LogP contribution in [0.25, 0.3) is 5.69 Å². The summed E-state index contributed by atoms with van der Waals surface area (Å²) in [4.78, 5) is 2.02. The quantitative estimate of drug-likeness (QED) is 0.853. The third kappa shape index (κ3) is 4.30. The van der Waals surface area contributed by atoms with E-state index in [4.69, 9.17) is 17.0 Å². The fourth-order valence-corrected chi connectivity index (χ4v) is 2.80. The van der Waals surface area contributed by atoms with Gasteiger partial charge in [-0.05, 0) is 37.2 Å². The molecule has 1 atom stereocenters. The van der Waals surface area contributed by atoms with Crippen molar-refractivity contribution in [1.29, 1.82) is 0 Å². The highest BCUT2D eigenvalue weighted by atomic mass is 32.1. The molecule has 1 aromatic heterocycles. The highest BCUT2D eigenvalue weighted by Crippen LogP contribution is 2.11. The molecule has 3 rings (SSSR count). The second-order valence-electron chi connectivity index (χ2n) is 5.81. The number of para-hydroxylation sites is 1. The minimum absolute atomic E-state index is 0.294. The van der Waals surface area contributed by atoms with E-state index in [0.717, 1.165) is 48.9 Å². The zero-order chi connectivity index (χ0) is 16.1. The van der Waals surface area contributed by atoms with E-state index < -0.39 is 0 Å². The number of hydrogen-bond acceptors (Lipinski definition) is 3. The van der Waals surface area contributed by atoms with Gasteiger partial charge in [-0.1, -0.05) is 18.2 Å². The molecular formula is C17H22N4OS. The van der Waals surface area contributed by atoms with Crippen molar-refractivity contribution in [2.45, 2.75) is 25.5 Å². The number of thiocarbonyl (C=S) groups is 1. The maximum absolute atomic E-state index is 5.60. The Morgan fingerprint density at radius 2 is 2.26 bits per heavy atom. The van der Waals surface area contributed by atoms with Crippen LogP contribution in [0.3, 0.4) is 0 Å². The lowest BCUT2D eigenvalue weighted by Crippen LogP contribution is -2.40. The average Bonchev–Trinajstić information content (AvgIpc) is 3.25. The summed E-state index contributed by atoms with van der Waals surface area (Å²) in [6.07, 6.45) is 6.47. The van der Waals surface area contributed by atoms with E-state index in [2.05, 4.69) is 10.4 Å².